The molecule has 4 rings (SSSR count). The van der Waals surface area contributed by atoms with E-state index in [-0.39, 0.29) is 5.75 Å². The van der Waals surface area contributed by atoms with Crippen molar-refractivity contribution >= 4 is 32.9 Å². The Bertz CT molecular complexity index is 1170. The first-order chi connectivity index (χ1) is 11.5. The van der Waals surface area contributed by atoms with Crippen LogP contribution in [0.4, 0.5) is 0 Å². The molecule has 2 heterocycles. The normalized spacial score (nSPS) is 11.4. The van der Waals surface area contributed by atoms with Crippen LogP contribution in [0.3, 0.4) is 0 Å². The average molecular weight is 320 g/mol. The van der Waals surface area contributed by atoms with Crippen LogP contribution >= 0.6 is 0 Å². The zero-order valence-electron chi connectivity index (χ0n) is 13.4. The van der Waals surface area contributed by atoms with Crippen molar-refractivity contribution in [2.45, 2.75) is 20.3 Å². The van der Waals surface area contributed by atoms with Crippen molar-refractivity contribution in [2.24, 2.45) is 0 Å². The number of phenolic OH excluding ortho intramolecular Hbond substituents is 1. The van der Waals surface area contributed by atoms with Gasteiger partial charge in [-0.1, -0.05) is 17.7 Å². The standard InChI is InChI=1S/C20H16O4/c1-11(2)3-4-12-5-8-16-15(9-12)19-18(20(22)24-16)14-7-6-13(21)10-17(14)23-19/h3,5-10,21H,4H2,1-2H3. The first kappa shape index (κ1) is 14.6. The molecular formula is C20H16O4. The van der Waals surface area contributed by atoms with Gasteiger partial charge in [-0.05, 0) is 50.1 Å². The molecule has 4 heteroatoms. The Morgan fingerprint density at radius 2 is 1.88 bits per heavy atom. The highest BCUT2D eigenvalue weighted by atomic mass is 16.4. The van der Waals surface area contributed by atoms with Gasteiger partial charge in [0, 0.05) is 11.5 Å². The first-order valence-corrected chi connectivity index (χ1v) is 7.77. The molecule has 0 radical (unpaired) electrons. The molecule has 0 saturated carbocycles. The summed E-state index contributed by atoms with van der Waals surface area (Å²) in [7, 11) is 0. The van der Waals surface area contributed by atoms with Gasteiger partial charge in [-0.15, -0.1) is 0 Å². The second-order valence-electron chi connectivity index (χ2n) is 6.19. The maximum absolute atomic E-state index is 12.4. The minimum atomic E-state index is -0.431. The average Bonchev–Trinajstić information content (AvgIpc) is 2.92. The summed E-state index contributed by atoms with van der Waals surface area (Å²) in [6, 6.07) is 10.5. The highest BCUT2D eigenvalue weighted by Crippen LogP contribution is 2.33. The molecule has 4 aromatic rings. The van der Waals surface area contributed by atoms with Crippen LogP contribution in [0.5, 0.6) is 5.75 Å². The second-order valence-corrected chi connectivity index (χ2v) is 6.19. The van der Waals surface area contributed by atoms with Crippen LogP contribution < -0.4 is 5.63 Å². The Kier molecular flexibility index (Phi) is 3.20. The van der Waals surface area contributed by atoms with Crippen LogP contribution in [0.25, 0.3) is 32.9 Å². The lowest BCUT2D eigenvalue weighted by Gasteiger charge is -2.01. The molecule has 0 amide bonds. The number of rotatable bonds is 2. The molecule has 120 valence electrons. The van der Waals surface area contributed by atoms with Gasteiger partial charge >= 0.3 is 5.63 Å². The summed E-state index contributed by atoms with van der Waals surface area (Å²) in [5, 5.41) is 11.5. The summed E-state index contributed by atoms with van der Waals surface area (Å²) in [5.74, 6) is 0.0968. The number of allylic oxidation sites excluding steroid dienone is 2. The van der Waals surface area contributed by atoms with E-state index in [0.717, 1.165) is 17.4 Å². The molecule has 0 aliphatic rings. The third-order valence-corrected chi connectivity index (χ3v) is 4.12. The second kappa shape index (κ2) is 5.27. The highest BCUT2D eigenvalue weighted by Gasteiger charge is 2.16. The number of hydrogen-bond acceptors (Lipinski definition) is 4. The molecule has 0 spiro atoms. The molecule has 0 bridgehead atoms. The van der Waals surface area contributed by atoms with Crippen LogP contribution in [0, 0.1) is 0 Å². The summed E-state index contributed by atoms with van der Waals surface area (Å²) in [4.78, 5) is 12.4. The topological polar surface area (TPSA) is 63.6 Å². The smallest absolute Gasteiger partial charge is 0.348 e. The molecule has 2 aromatic carbocycles. The van der Waals surface area contributed by atoms with E-state index >= 15 is 0 Å². The molecule has 0 unspecified atom stereocenters. The molecule has 1 N–H and O–H groups in total. The number of benzene rings is 2. The Morgan fingerprint density at radius 1 is 1.04 bits per heavy atom. The van der Waals surface area contributed by atoms with E-state index in [4.69, 9.17) is 8.83 Å². The molecule has 24 heavy (non-hydrogen) atoms. The summed E-state index contributed by atoms with van der Waals surface area (Å²) in [6.45, 7) is 4.12. The van der Waals surface area contributed by atoms with Gasteiger partial charge in [0.25, 0.3) is 0 Å². The maximum Gasteiger partial charge on any atom is 0.348 e. The number of furan rings is 1. The molecule has 2 aromatic heterocycles. The summed E-state index contributed by atoms with van der Waals surface area (Å²) < 4.78 is 11.3. The largest absolute Gasteiger partial charge is 0.508 e. The molecule has 0 atom stereocenters. The first-order valence-electron chi connectivity index (χ1n) is 7.77. The molecule has 0 aliphatic heterocycles. The van der Waals surface area contributed by atoms with E-state index in [0.29, 0.717) is 27.5 Å². The zero-order valence-corrected chi connectivity index (χ0v) is 13.4. The summed E-state index contributed by atoms with van der Waals surface area (Å²) in [6.07, 6.45) is 2.95. The van der Waals surface area contributed by atoms with E-state index in [1.807, 2.05) is 12.1 Å². The minimum absolute atomic E-state index is 0.0968. The Balaban J connectivity index is 2.07. The summed E-state index contributed by atoms with van der Waals surface area (Å²) >= 11 is 0. The van der Waals surface area contributed by atoms with Gasteiger partial charge in [-0.25, -0.2) is 4.79 Å². The van der Waals surface area contributed by atoms with Gasteiger partial charge in [0.15, 0.2) is 5.58 Å². The van der Waals surface area contributed by atoms with Crippen molar-refractivity contribution < 1.29 is 13.9 Å². The minimum Gasteiger partial charge on any atom is -0.508 e. The fourth-order valence-electron chi connectivity index (χ4n) is 2.92. The lowest BCUT2D eigenvalue weighted by atomic mass is 10.1. The van der Waals surface area contributed by atoms with Crippen molar-refractivity contribution in [1.29, 1.82) is 0 Å². The number of phenols is 1. The van der Waals surface area contributed by atoms with E-state index in [1.54, 1.807) is 12.1 Å². The molecule has 0 saturated heterocycles. The zero-order chi connectivity index (χ0) is 16.8. The highest BCUT2D eigenvalue weighted by molar-refractivity contribution is 6.13. The number of aromatic hydroxyl groups is 1. The van der Waals surface area contributed by atoms with Crippen molar-refractivity contribution in [1.82, 2.24) is 0 Å². The molecule has 0 aliphatic carbocycles. The van der Waals surface area contributed by atoms with Crippen molar-refractivity contribution in [3.63, 3.8) is 0 Å². The van der Waals surface area contributed by atoms with Gasteiger partial charge in [0.1, 0.15) is 22.3 Å². The molecular weight excluding hydrogens is 304 g/mol. The Labute approximate surface area is 137 Å². The Morgan fingerprint density at radius 3 is 2.67 bits per heavy atom. The summed E-state index contributed by atoms with van der Waals surface area (Å²) in [5.41, 5.74) is 3.40. The predicted octanol–water partition coefficient (Wildman–Crippen LogP) is 4.91. The lowest BCUT2D eigenvalue weighted by Crippen LogP contribution is -1.98. The van der Waals surface area contributed by atoms with E-state index in [9.17, 15) is 9.90 Å². The van der Waals surface area contributed by atoms with E-state index < -0.39 is 5.63 Å². The quantitative estimate of drug-likeness (QED) is 0.421. The third kappa shape index (κ3) is 2.27. The van der Waals surface area contributed by atoms with Gasteiger partial charge in [0.2, 0.25) is 0 Å². The van der Waals surface area contributed by atoms with Crippen LogP contribution in [0.1, 0.15) is 19.4 Å². The van der Waals surface area contributed by atoms with Gasteiger partial charge in [-0.2, -0.15) is 0 Å². The van der Waals surface area contributed by atoms with Crippen LogP contribution in [-0.2, 0) is 6.42 Å². The Hall–Kier alpha value is -3.01. The fraction of sp³-hybridized carbons (Fsp3) is 0.150. The SMILES string of the molecule is CC(C)=CCc1ccc2oc(=O)c3c4ccc(O)cc4oc3c2c1. The van der Waals surface area contributed by atoms with Crippen LogP contribution in [0.15, 0.2) is 61.7 Å². The van der Waals surface area contributed by atoms with Crippen molar-refractivity contribution in [3.05, 3.63) is 64.0 Å². The van der Waals surface area contributed by atoms with Crippen LogP contribution in [0.2, 0.25) is 0 Å². The lowest BCUT2D eigenvalue weighted by molar-refractivity contribution is 0.475. The van der Waals surface area contributed by atoms with Gasteiger partial charge < -0.3 is 13.9 Å². The maximum atomic E-state index is 12.4. The van der Waals surface area contributed by atoms with E-state index in [1.165, 1.54) is 17.7 Å². The number of fused-ring (bicyclic) bond motifs is 5. The van der Waals surface area contributed by atoms with Gasteiger partial charge in [-0.3, -0.25) is 0 Å². The monoisotopic (exact) mass is 320 g/mol. The molecule has 4 nitrogen and oxygen atoms in total. The molecule has 0 fully saturated rings. The third-order valence-electron chi connectivity index (χ3n) is 4.12. The van der Waals surface area contributed by atoms with Crippen LogP contribution in [-0.4, -0.2) is 5.11 Å². The van der Waals surface area contributed by atoms with E-state index in [2.05, 4.69) is 19.9 Å². The van der Waals surface area contributed by atoms with Crippen molar-refractivity contribution in [2.75, 3.05) is 0 Å². The van der Waals surface area contributed by atoms with Crippen molar-refractivity contribution in [3.8, 4) is 5.75 Å². The predicted molar refractivity (Wildman–Crippen MR) is 94.6 cm³/mol. The number of hydrogen-bond donors (Lipinski definition) is 1. The van der Waals surface area contributed by atoms with Gasteiger partial charge in [0.05, 0.1) is 5.39 Å². The fourth-order valence-corrected chi connectivity index (χ4v) is 2.92.